The second kappa shape index (κ2) is 3.64. The van der Waals surface area contributed by atoms with Crippen LogP contribution in [0.1, 0.15) is 15.9 Å². The van der Waals surface area contributed by atoms with Crippen LogP contribution < -0.4 is 5.73 Å². The first-order valence-corrected chi connectivity index (χ1v) is 5.15. The van der Waals surface area contributed by atoms with Crippen molar-refractivity contribution in [3.8, 4) is 0 Å². The third-order valence-corrected chi connectivity index (χ3v) is 2.67. The first-order valence-electron chi connectivity index (χ1n) is 4.20. The topological polar surface area (TPSA) is 43.1 Å². The molecule has 0 atom stereocenters. The molecule has 0 aliphatic heterocycles. The van der Waals surface area contributed by atoms with Crippen molar-refractivity contribution in [2.45, 2.75) is 0 Å². The first-order chi connectivity index (χ1) is 6.79. The van der Waals surface area contributed by atoms with Crippen LogP contribution in [0, 0.1) is 0 Å². The molecule has 1 heterocycles. The fraction of sp³-hybridized carbons (Fsp3) is 0. The quantitative estimate of drug-likeness (QED) is 0.602. The lowest BCUT2D eigenvalue weighted by molar-refractivity contribution is 0.104. The zero-order valence-electron chi connectivity index (χ0n) is 7.44. The van der Waals surface area contributed by atoms with Crippen LogP contribution in [-0.2, 0) is 0 Å². The van der Waals surface area contributed by atoms with Crippen molar-refractivity contribution in [2.24, 2.45) is 0 Å². The summed E-state index contributed by atoms with van der Waals surface area (Å²) in [5.74, 6) is -0.00986. The Morgan fingerprint density at radius 2 is 2.00 bits per heavy atom. The average molecular weight is 203 g/mol. The van der Waals surface area contributed by atoms with E-state index in [2.05, 4.69) is 0 Å². The Labute approximate surface area is 86.0 Å². The lowest BCUT2D eigenvalue weighted by atomic mass is 10.0. The summed E-state index contributed by atoms with van der Waals surface area (Å²) >= 11 is 1.51. The Kier molecular flexibility index (Phi) is 2.33. The minimum Gasteiger partial charge on any atom is -0.398 e. The Balaban J connectivity index is 2.42. The highest BCUT2D eigenvalue weighted by atomic mass is 32.1. The normalized spacial score (nSPS) is 10.0. The number of rotatable bonds is 2. The Bertz CT molecular complexity index is 448. The molecule has 70 valence electrons. The Morgan fingerprint density at radius 3 is 2.64 bits per heavy atom. The molecule has 2 nitrogen and oxygen atoms in total. The number of thiophene rings is 1. The maximum Gasteiger partial charge on any atom is 0.195 e. The fourth-order valence-electron chi connectivity index (χ4n) is 1.25. The summed E-state index contributed by atoms with van der Waals surface area (Å²) in [6.45, 7) is 0. The number of carbonyl (C=O) groups excluding carboxylic acids is 1. The highest BCUT2D eigenvalue weighted by Gasteiger charge is 2.11. The molecule has 0 aliphatic carbocycles. The third kappa shape index (κ3) is 1.54. The van der Waals surface area contributed by atoms with Crippen LogP contribution in [0.15, 0.2) is 41.1 Å². The number of benzene rings is 1. The van der Waals surface area contributed by atoms with Gasteiger partial charge in [0, 0.05) is 22.2 Å². The molecular weight excluding hydrogens is 194 g/mol. The molecule has 1 aromatic carbocycles. The molecule has 0 aliphatic rings. The summed E-state index contributed by atoms with van der Waals surface area (Å²) < 4.78 is 0. The number of hydrogen-bond donors (Lipinski definition) is 1. The predicted octanol–water partition coefficient (Wildman–Crippen LogP) is 2.56. The molecule has 0 saturated carbocycles. The Hall–Kier alpha value is -1.61. The van der Waals surface area contributed by atoms with Gasteiger partial charge in [-0.1, -0.05) is 12.1 Å². The molecule has 0 amide bonds. The SMILES string of the molecule is Nc1ccccc1C(=O)c1ccsc1. The molecular formula is C11H9NOS. The lowest BCUT2D eigenvalue weighted by Gasteiger charge is -2.01. The number of hydrogen-bond acceptors (Lipinski definition) is 3. The summed E-state index contributed by atoms with van der Waals surface area (Å²) in [5, 5.41) is 3.71. The highest BCUT2D eigenvalue weighted by Crippen LogP contribution is 2.17. The monoisotopic (exact) mass is 203 g/mol. The van der Waals surface area contributed by atoms with Gasteiger partial charge in [-0.2, -0.15) is 11.3 Å². The van der Waals surface area contributed by atoms with E-state index in [-0.39, 0.29) is 5.78 Å². The molecule has 1 aromatic heterocycles. The van der Waals surface area contributed by atoms with Crippen molar-refractivity contribution in [1.82, 2.24) is 0 Å². The second-order valence-corrected chi connectivity index (χ2v) is 3.71. The number of nitrogens with two attached hydrogens (primary N) is 1. The van der Waals surface area contributed by atoms with Gasteiger partial charge in [0.25, 0.3) is 0 Å². The van der Waals surface area contributed by atoms with Crippen molar-refractivity contribution < 1.29 is 4.79 Å². The van der Waals surface area contributed by atoms with Crippen LogP contribution >= 0.6 is 11.3 Å². The number of ketones is 1. The summed E-state index contributed by atoms with van der Waals surface area (Å²) in [6, 6.07) is 8.92. The number of anilines is 1. The van der Waals surface area contributed by atoms with E-state index in [1.165, 1.54) is 11.3 Å². The van der Waals surface area contributed by atoms with Crippen molar-refractivity contribution in [1.29, 1.82) is 0 Å². The van der Waals surface area contributed by atoms with Gasteiger partial charge in [-0.05, 0) is 23.6 Å². The van der Waals surface area contributed by atoms with E-state index in [0.717, 1.165) is 0 Å². The maximum atomic E-state index is 11.9. The number of para-hydroxylation sites is 1. The fourth-order valence-corrected chi connectivity index (χ4v) is 1.89. The van der Waals surface area contributed by atoms with Crippen molar-refractivity contribution >= 4 is 22.8 Å². The van der Waals surface area contributed by atoms with Crippen LogP contribution in [0.5, 0.6) is 0 Å². The zero-order chi connectivity index (χ0) is 9.97. The molecule has 2 aromatic rings. The smallest absolute Gasteiger partial charge is 0.195 e. The minimum atomic E-state index is -0.00986. The van der Waals surface area contributed by atoms with E-state index in [4.69, 9.17) is 5.73 Å². The van der Waals surface area contributed by atoms with E-state index in [9.17, 15) is 4.79 Å². The molecule has 2 N–H and O–H groups in total. The van der Waals surface area contributed by atoms with Gasteiger partial charge in [-0.3, -0.25) is 4.79 Å². The van der Waals surface area contributed by atoms with Gasteiger partial charge in [0.1, 0.15) is 0 Å². The van der Waals surface area contributed by atoms with E-state index < -0.39 is 0 Å². The second-order valence-electron chi connectivity index (χ2n) is 2.93. The van der Waals surface area contributed by atoms with Crippen molar-refractivity contribution in [2.75, 3.05) is 5.73 Å². The van der Waals surface area contributed by atoms with E-state index in [0.29, 0.717) is 16.8 Å². The molecule has 0 spiro atoms. The highest BCUT2D eigenvalue weighted by molar-refractivity contribution is 7.08. The molecule has 0 fully saturated rings. The van der Waals surface area contributed by atoms with Gasteiger partial charge < -0.3 is 5.73 Å². The van der Waals surface area contributed by atoms with E-state index in [1.54, 1.807) is 18.2 Å². The van der Waals surface area contributed by atoms with Gasteiger partial charge in [0.05, 0.1) is 0 Å². The molecule has 14 heavy (non-hydrogen) atoms. The van der Waals surface area contributed by atoms with Gasteiger partial charge in [-0.15, -0.1) is 0 Å². The van der Waals surface area contributed by atoms with Crippen molar-refractivity contribution in [3.63, 3.8) is 0 Å². The largest absolute Gasteiger partial charge is 0.398 e. The van der Waals surface area contributed by atoms with E-state index >= 15 is 0 Å². The maximum absolute atomic E-state index is 11.9. The van der Waals surface area contributed by atoms with Gasteiger partial charge in [0.2, 0.25) is 0 Å². The number of carbonyl (C=O) groups is 1. The van der Waals surface area contributed by atoms with Crippen LogP contribution in [0.4, 0.5) is 5.69 Å². The summed E-state index contributed by atoms with van der Waals surface area (Å²) in [4.78, 5) is 11.9. The van der Waals surface area contributed by atoms with Crippen LogP contribution in [-0.4, -0.2) is 5.78 Å². The average Bonchev–Trinajstić information content (AvgIpc) is 2.70. The minimum absolute atomic E-state index is 0.00986. The lowest BCUT2D eigenvalue weighted by Crippen LogP contribution is -2.03. The molecule has 0 unspecified atom stereocenters. The predicted molar refractivity (Wildman–Crippen MR) is 58.6 cm³/mol. The van der Waals surface area contributed by atoms with Gasteiger partial charge in [0.15, 0.2) is 5.78 Å². The molecule has 3 heteroatoms. The summed E-state index contributed by atoms with van der Waals surface area (Å²) in [5.41, 5.74) is 7.52. The zero-order valence-corrected chi connectivity index (χ0v) is 8.25. The van der Waals surface area contributed by atoms with Crippen LogP contribution in [0.25, 0.3) is 0 Å². The van der Waals surface area contributed by atoms with Crippen LogP contribution in [0.2, 0.25) is 0 Å². The Morgan fingerprint density at radius 1 is 1.21 bits per heavy atom. The molecule has 0 bridgehead atoms. The standard InChI is InChI=1S/C11H9NOS/c12-10-4-2-1-3-9(10)11(13)8-5-6-14-7-8/h1-7H,12H2. The first kappa shape index (κ1) is 8.97. The summed E-state index contributed by atoms with van der Waals surface area (Å²) in [6.07, 6.45) is 0. The molecule has 0 saturated heterocycles. The van der Waals surface area contributed by atoms with Crippen LogP contribution in [0.3, 0.4) is 0 Å². The van der Waals surface area contributed by atoms with Gasteiger partial charge >= 0.3 is 0 Å². The summed E-state index contributed by atoms with van der Waals surface area (Å²) in [7, 11) is 0. The third-order valence-electron chi connectivity index (χ3n) is 1.99. The van der Waals surface area contributed by atoms with E-state index in [1.807, 2.05) is 22.9 Å². The van der Waals surface area contributed by atoms with Crippen molar-refractivity contribution in [3.05, 3.63) is 52.2 Å². The molecule has 0 radical (unpaired) electrons. The van der Waals surface area contributed by atoms with Gasteiger partial charge in [-0.25, -0.2) is 0 Å². The number of nitrogen functional groups attached to an aromatic ring is 1. The molecule has 2 rings (SSSR count).